The summed E-state index contributed by atoms with van der Waals surface area (Å²) in [7, 11) is 0. The van der Waals surface area contributed by atoms with Crippen molar-refractivity contribution in [2.75, 3.05) is 6.61 Å². The Kier molecular flexibility index (Phi) is 3.00. The quantitative estimate of drug-likeness (QED) is 0.687. The summed E-state index contributed by atoms with van der Waals surface area (Å²) < 4.78 is 28.7. The molecule has 3 saturated heterocycles. The van der Waals surface area contributed by atoms with Gasteiger partial charge < -0.3 is 28.5 Å². The van der Waals surface area contributed by atoms with Gasteiger partial charge in [0.15, 0.2) is 17.9 Å². The van der Waals surface area contributed by atoms with Gasteiger partial charge in [0.2, 0.25) is 0 Å². The monoisotopic (exact) mass is 272 g/mol. The van der Waals surface area contributed by atoms with Crippen molar-refractivity contribution in [1.29, 1.82) is 0 Å². The maximum Gasteiger partial charge on any atom is 0.164 e. The molecule has 0 amide bonds. The zero-order chi connectivity index (χ0) is 13.8. The number of aldehydes is 1. The minimum atomic E-state index is -0.701. The zero-order valence-corrected chi connectivity index (χ0v) is 11.6. The normalized spacial score (nSPS) is 47.3. The van der Waals surface area contributed by atoms with Crippen molar-refractivity contribution in [3.05, 3.63) is 0 Å². The largest absolute Gasteiger partial charge is 0.359 e. The van der Waals surface area contributed by atoms with Crippen LogP contribution >= 0.6 is 0 Å². The Labute approximate surface area is 112 Å². The van der Waals surface area contributed by atoms with E-state index in [4.69, 9.17) is 23.7 Å². The van der Waals surface area contributed by atoms with E-state index in [2.05, 4.69) is 0 Å². The van der Waals surface area contributed by atoms with Crippen molar-refractivity contribution in [2.24, 2.45) is 0 Å². The molecule has 6 nitrogen and oxygen atoms in total. The summed E-state index contributed by atoms with van der Waals surface area (Å²) >= 11 is 0. The lowest BCUT2D eigenvalue weighted by Gasteiger charge is -2.26. The van der Waals surface area contributed by atoms with Crippen LogP contribution in [-0.2, 0) is 28.5 Å². The molecule has 0 saturated carbocycles. The summed E-state index contributed by atoms with van der Waals surface area (Å²) in [6.07, 6.45) is -1.10. The molecule has 0 radical (unpaired) electrons. The summed E-state index contributed by atoms with van der Waals surface area (Å²) in [5.74, 6) is -1.33. The zero-order valence-electron chi connectivity index (χ0n) is 11.6. The molecule has 6 heteroatoms. The van der Waals surface area contributed by atoms with Crippen molar-refractivity contribution < 1.29 is 28.5 Å². The van der Waals surface area contributed by atoms with Crippen LogP contribution in [-0.4, -0.2) is 55.0 Å². The van der Waals surface area contributed by atoms with Gasteiger partial charge in [0.1, 0.15) is 30.5 Å². The predicted octanol–water partition coefficient (Wildman–Crippen LogP) is 0.624. The Bertz CT molecular complexity index is 379. The summed E-state index contributed by atoms with van der Waals surface area (Å²) in [4.78, 5) is 11.1. The molecule has 0 spiro atoms. The van der Waals surface area contributed by atoms with Crippen LogP contribution in [0.2, 0.25) is 0 Å². The Morgan fingerprint density at radius 1 is 0.947 bits per heavy atom. The van der Waals surface area contributed by atoms with Crippen LogP contribution in [0.5, 0.6) is 0 Å². The molecule has 0 aliphatic carbocycles. The highest BCUT2D eigenvalue weighted by Gasteiger charge is 2.58. The van der Waals surface area contributed by atoms with Gasteiger partial charge in [0, 0.05) is 0 Å². The SMILES string of the molecule is CC1(C)O[C@@H]2[C@H](O1)[C@H](C=O)O[C@@H]2[C@H]1COC(C)(C)O1. The van der Waals surface area contributed by atoms with Crippen LogP contribution in [0.3, 0.4) is 0 Å². The maximum atomic E-state index is 11.1. The van der Waals surface area contributed by atoms with Gasteiger partial charge in [-0.1, -0.05) is 0 Å². The fourth-order valence-electron chi connectivity index (χ4n) is 2.95. The number of carbonyl (C=O) groups excluding carboxylic acids is 1. The molecule has 3 fully saturated rings. The number of hydrogen-bond acceptors (Lipinski definition) is 6. The second kappa shape index (κ2) is 4.23. The Morgan fingerprint density at radius 3 is 2.21 bits per heavy atom. The lowest BCUT2D eigenvalue weighted by molar-refractivity contribution is -0.204. The van der Waals surface area contributed by atoms with Crippen LogP contribution in [0.4, 0.5) is 0 Å². The first-order valence-electron chi connectivity index (χ1n) is 6.59. The van der Waals surface area contributed by atoms with Gasteiger partial charge in [-0.15, -0.1) is 0 Å². The third kappa shape index (κ3) is 2.32. The van der Waals surface area contributed by atoms with Crippen LogP contribution in [0, 0.1) is 0 Å². The first-order valence-corrected chi connectivity index (χ1v) is 6.59. The molecular weight excluding hydrogens is 252 g/mol. The van der Waals surface area contributed by atoms with Crippen LogP contribution in [0.1, 0.15) is 27.7 Å². The number of ether oxygens (including phenoxy) is 5. The van der Waals surface area contributed by atoms with E-state index < -0.39 is 17.7 Å². The molecule has 0 aromatic carbocycles. The summed E-state index contributed by atoms with van der Waals surface area (Å²) in [5.41, 5.74) is 0. The molecule has 3 heterocycles. The molecule has 0 aromatic heterocycles. The van der Waals surface area contributed by atoms with Crippen LogP contribution in [0.25, 0.3) is 0 Å². The lowest BCUT2D eigenvalue weighted by atomic mass is 10.0. The molecule has 0 aromatic rings. The van der Waals surface area contributed by atoms with E-state index in [0.717, 1.165) is 6.29 Å². The molecular formula is C13H20O6. The number of hydrogen-bond donors (Lipinski definition) is 0. The van der Waals surface area contributed by atoms with Gasteiger partial charge in [-0.05, 0) is 27.7 Å². The fraction of sp³-hybridized carbons (Fsp3) is 0.923. The van der Waals surface area contributed by atoms with E-state index in [-0.39, 0.29) is 24.4 Å². The molecule has 3 aliphatic rings. The summed E-state index contributed by atoms with van der Waals surface area (Å²) in [6, 6.07) is 0. The second-order valence-electron chi connectivity index (χ2n) is 6.13. The first kappa shape index (κ1) is 13.5. The van der Waals surface area contributed by atoms with Crippen molar-refractivity contribution in [3.8, 4) is 0 Å². The van der Waals surface area contributed by atoms with Crippen LogP contribution in [0.15, 0.2) is 0 Å². The smallest absolute Gasteiger partial charge is 0.164 e. The number of carbonyl (C=O) groups is 1. The van der Waals surface area contributed by atoms with E-state index in [1.54, 1.807) is 0 Å². The molecule has 3 rings (SSSR count). The van der Waals surface area contributed by atoms with E-state index in [9.17, 15) is 4.79 Å². The summed E-state index contributed by atoms with van der Waals surface area (Å²) in [6.45, 7) is 7.80. The molecule has 108 valence electrons. The molecule has 3 aliphatic heterocycles. The van der Waals surface area contributed by atoms with Gasteiger partial charge in [0.25, 0.3) is 0 Å². The second-order valence-corrected chi connectivity index (χ2v) is 6.13. The van der Waals surface area contributed by atoms with Gasteiger partial charge in [-0.25, -0.2) is 0 Å². The average Bonchev–Trinajstić information content (AvgIpc) is 2.89. The van der Waals surface area contributed by atoms with Crippen molar-refractivity contribution in [3.63, 3.8) is 0 Å². The third-order valence-corrected chi connectivity index (χ3v) is 3.66. The Morgan fingerprint density at radius 2 is 1.63 bits per heavy atom. The highest BCUT2D eigenvalue weighted by Crippen LogP contribution is 2.41. The number of rotatable bonds is 2. The van der Waals surface area contributed by atoms with Gasteiger partial charge in [0.05, 0.1) is 6.61 Å². The minimum absolute atomic E-state index is 0.245. The third-order valence-electron chi connectivity index (χ3n) is 3.66. The Hall–Kier alpha value is -0.530. The van der Waals surface area contributed by atoms with E-state index in [1.807, 2.05) is 27.7 Å². The highest BCUT2D eigenvalue weighted by molar-refractivity contribution is 5.58. The number of fused-ring (bicyclic) bond motifs is 1. The first-order chi connectivity index (χ1) is 8.81. The van der Waals surface area contributed by atoms with Gasteiger partial charge in [-0.3, -0.25) is 0 Å². The van der Waals surface area contributed by atoms with Crippen LogP contribution < -0.4 is 0 Å². The molecule has 19 heavy (non-hydrogen) atoms. The molecule has 0 unspecified atom stereocenters. The fourth-order valence-corrected chi connectivity index (χ4v) is 2.95. The predicted molar refractivity (Wildman–Crippen MR) is 63.5 cm³/mol. The van der Waals surface area contributed by atoms with Gasteiger partial charge in [-0.2, -0.15) is 0 Å². The van der Waals surface area contributed by atoms with E-state index >= 15 is 0 Å². The van der Waals surface area contributed by atoms with Crippen molar-refractivity contribution in [1.82, 2.24) is 0 Å². The minimum Gasteiger partial charge on any atom is -0.359 e. The lowest BCUT2D eigenvalue weighted by Crippen LogP contribution is -2.40. The molecule has 5 atom stereocenters. The van der Waals surface area contributed by atoms with Crippen molar-refractivity contribution in [2.45, 2.75) is 69.8 Å². The summed E-state index contributed by atoms with van der Waals surface area (Å²) in [5, 5.41) is 0. The maximum absolute atomic E-state index is 11.1. The topological polar surface area (TPSA) is 63.2 Å². The standard InChI is InChI=1S/C13H20O6/c1-12(2)15-6-8(17-12)9-11-10(7(5-14)16-9)18-13(3,4)19-11/h5,7-11H,6H2,1-4H3/t7-,8+,9+,10+,11-/m0/s1. The average molecular weight is 272 g/mol. The Balaban J connectivity index is 1.78. The van der Waals surface area contributed by atoms with E-state index in [1.165, 1.54) is 0 Å². The van der Waals surface area contributed by atoms with Gasteiger partial charge >= 0.3 is 0 Å². The highest BCUT2D eigenvalue weighted by atomic mass is 16.8. The molecule has 0 N–H and O–H groups in total. The molecule has 0 bridgehead atoms. The van der Waals surface area contributed by atoms with Crippen molar-refractivity contribution >= 4 is 6.29 Å². The van der Waals surface area contributed by atoms with E-state index in [0.29, 0.717) is 6.61 Å².